The fraction of sp³-hybridized carbons (Fsp3) is 0.300. The Labute approximate surface area is 103 Å². The third kappa shape index (κ3) is 3.30. The van der Waals surface area contributed by atoms with Crippen LogP contribution in [0.5, 0.6) is 5.75 Å². The minimum atomic E-state index is -0.936. The summed E-state index contributed by atoms with van der Waals surface area (Å²) in [5.41, 5.74) is 0. The van der Waals surface area contributed by atoms with Crippen molar-refractivity contribution in [1.29, 1.82) is 0 Å². The number of carboxylic acid groups (broad SMARTS) is 1. The molecule has 2 N–H and O–H groups in total. The molecule has 0 saturated carbocycles. The van der Waals surface area contributed by atoms with E-state index < -0.39 is 11.3 Å². The van der Waals surface area contributed by atoms with E-state index in [-0.39, 0.29) is 0 Å². The molecule has 1 rings (SSSR count). The van der Waals surface area contributed by atoms with Crippen LogP contribution in [-0.2, 0) is 4.79 Å². The molecule has 1 atom stereocenters. The zero-order valence-electron chi connectivity index (χ0n) is 8.86. The van der Waals surface area contributed by atoms with Gasteiger partial charge >= 0.3 is 5.97 Å². The van der Waals surface area contributed by atoms with Crippen LogP contribution in [0.25, 0.3) is 0 Å². The van der Waals surface area contributed by atoms with Gasteiger partial charge in [-0.05, 0) is 25.2 Å². The number of halogens is 1. The van der Waals surface area contributed by atoms with Crippen molar-refractivity contribution in [2.75, 3.05) is 14.2 Å². The summed E-state index contributed by atoms with van der Waals surface area (Å²) in [4.78, 5) is 11.6. The zero-order chi connectivity index (χ0) is 12.1. The first-order valence-corrected chi connectivity index (χ1v) is 5.74. The molecule has 1 aromatic carbocycles. The first-order valence-electron chi connectivity index (χ1n) is 4.48. The van der Waals surface area contributed by atoms with E-state index in [2.05, 4.69) is 5.32 Å². The van der Waals surface area contributed by atoms with Crippen LogP contribution in [0.2, 0.25) is 5.02 Å². The van der Waals surface area contributed by atoms with Crippen LogP contribution in [0.3, 0.4) is 0 Å². The lowest BCUT2D eigenvalue weighted by Gasteiger charge is -2.13. The Morgan fingerprint density at radius 3 is 2.81 bits per heavy atom. The molecule has 1 unspecified atom stereocenters. The lowest BCUT2D eigenvalue weighted by Crippen LogP contribution is -2.30. The molecule has 6 heteroatoms. The van der Waals surface area contributed by atoms with Gasteiger partial charge in [-0.25, -0.2) is 4.79 Å². The summed E-state index contributed by atoms with van der Waals surface area (Å²) in [6.45, 7) is 0. The number of hydrogen-bond donors (Lipinski definition) is 2. The van der Waals surface area contributed by atoms with Crippen LogP contribution in [0, 0.1) is 0 Å². The maximum Gasteiger partial charge on any atom is 0.331 e. The van der Waals surface area contributed by atoms with Crippen molar-refractivity contribution in [2.24, 2.45) is 0 Å². The lowest BCUT2D eigenvalue weighted by atomic mass is 10.3. The molecule has 0 bridgehead atoms. The van der Waals surface area contributed by atoms with E-state index in [1.54, 1.807) is 25.2 Å². The average molecular weight is 262 g/mol. The van der Waals surface area contributed by atoms with Crippen molar-refractivity contribution < 1.29 is 14.6 Å². The molecule has 4 nitrogen and oxygen atoms in total. The van der Waals surface area contributed by atoms with Gasteiger partial charge in [-0.3, -0.25) is 5.32 Å². The number of nitrogens with one attached hydrogen (secondary N) is 1. The summed E-state index contributed by atoms with van der Waals surface area (Å²) >= 11 is 6.99. The molecule has 0 aliphatic heterocycles. The highest BCUT2D eigenvalue weighted by Crippen LogP contribution is 2.33. The Bertz CT molecular complexity index is 386. The number of likely N-dealkylation sites (N-methyl/N-ethyl adjacent to an activating group) is 1. The summed E-state index contributed by atoms with van der Waals surface area (Å²) in [6.07, 6.45) is 0. The second-order valence-corrected chi connectivity index (χ2v) is 4.50. The number of aliphatic carboxylic acids is 1. The summed E-state index contributed by atoms with van der Waals surface area (Å²) in [6, 6.07) is 5.08. The second-order valence-electron chi connectivity index (χ2n) is 2.92. The van der Waals surface area contributed by atoms with Gasteiger partial charge in [0.25, 0.3) is 0 Å². The number of ether oxygens (including phenoxy) is 1. The standard InChI is InChI=1S/C10H12ClNO3S/c1-12-9(10(13)14)16-8-5-6(11)3-4-7(8)15-2/h3-5,9,12H,1-2H3,(H,13,14). The summed E-state index contributed by atoms with van der Waals surface area (Å²) in [5.74, 6) is -0.328. The van der Waals surface area contributed by atoms with E-state index in [9.17, 15) is 4.79 Å². The maximum absolute atomic E-state index is 10.9. The molecule has 0 amide bonds. The number of carbonyl (C=O) groups is 1. The van der Waals surface area contributed by atoms with Crippen molar-refractivity contribution in [2.45, 2.75) is 10.3 Å². The van der Waals surface area contributed by atoms with E-state index in [0.29, 0.717) is 15.7 Å². The van der Waals surface area contributed by atoms with Gasteiger partial charge in [0.1, 0.15) is 5.75 Å². The maximum atomic E-state index is 10.9. The normalized spacial score (nSPS) is 12.2. The molecule has 1 aromatic rings. The van der Waals surface area contributed by atoms with Gasteiger partial charge in [-0.2, -0.15) is 0 Å². The molecular weight excluding hydrogens is 250 g/mol. The van der Waals surface area contributed by atoms with Crippen LogP contribution >= 0.6 is 23.4 Å². The SMILES string of the molecule is CNC(Sc1cc(Cl)ccc1OC)C(=O)O. The Kier molecular flexibility index (Phi) is 4.92. The van der Waals surface area contributed by atoms with Gasteiger partial charge in [-0.15, -0.1) is 0 Å². The van der Waals surface area contributed by atoms with E-state index in [4.69, 9.17) is 21.4 Å². The monoisotopic (exact) mass is 261 g/mol. The molecule has 16 heavy (non-hydrogen) atoms. The van der Waals surface area contributed by atoms with Crippen LogP contribution in [0.1, 0.15) is 0 Å². The molecule has 0 aliphatic carbocycles. The molecule has 0 aromatic heterocycles. The topological polar surface area (TPSA) is 58.6 Å². The van der Waals surface area contributed by atoms with E-state index in [0.717, 1.165) is 11.8 Å². The Balaban J connectivity index is 2.93. The van der Waals surface area contributed by atoms with Gasteiger partial charge in [0.2, 0.25) is 0 Å². The number of rotatable bonds is 5. The average Bonchev–Trinajstić information content (AvgIpc) is 2.25. The number of thioether (sulfide) groups is 1. The Morgan fingerprint density at radius 2 is 2.31 bits per heavy atom. The van der Waals surface area contributed by atoms with Gasteiger partial charge in [0, 0.05) is 5.02 Å². The van der Waals surface area contributed by atoms with Gasteiger partial charge in [-0.1, -0.05) is 23.4 Å². The van der Waals surface area contributed by atoms with Crippen LogP contribution in [0.4, 0.5) is 0 Å². The summed E-state index contributed by atoms with van der Waals surface area (Å²) in [7, 11) is 3.12. The van der Waals surface area contributed by atoms with Crippen molar-refractivity contribution in [3.05, 3.63) is 23.2 Å². The van der Waals surface area contributed by atoms with Crippen molar-refractivity contribution in [1.82, 2.24) is 5.32 Å². The molecule has 0 heterocycles. The predicted octanol–water partition coefficient (Wildman–Crippen LogP) is 2.07. The van der Waals surface area contributed by atoms with E-state index in [1.165, 1.54) is 7.11 Å². The number of benzene rings is 1. The van der Waals surface area contributed by atoms with Crippen molar-refractivity contribution in [3.63, 3.8) is 0 Å². The highest BCUT2D eigenvalue weighted by atomic mass is 35.5. The van der Waals surface area contributed by atoms with Gasteiger partial charge < -0.3 is 9.84 Å². The minimum absolute atomic E-state index is 0.545. The third-order valence-electron chi connectivity index (χ3n) is 1.86. The molecular formula is C10H12ClNO3S. The number of methoxy groups -OCH3 is 1. The van der Waals surface area contributed by atoms with Crippen molar-refractivity contribution >= 4 is 29.3 Å². The quantitative estimate of drug-likeness (QED) is 0.628. The molecule has 88 valence electrons. The predicted molar refractivity (Wildman–Crippen MR) is 64.3 cm³/mol. The number of carboxylic acids is 1. The van der Waals surface area contributed by atoms with Crippen LogP contribution < -0.4 is 10.1 Å². The van der Waals surface area contributed by atoms with Gasteiger partial charge in [0.05, 0.1) is 12.0 Å². The summed E-state index contributed by atoms with van der Waals surface area (Å²) < 4.78 is 5.13. The fourth-order valence-electron chi connectivity index (χ4n) is 1.10. The van der Waals surface area contributed by atoms with Crippen LogP contribution in [-0.4, -0.2) is 30.6 Å². The second kappa shape index (κ2) is 5.98. The molecule has 0 spiro atoms. The molecule has 0 fully saturated rings. The Hall–Kier alpha value is -0.910. The molecule has 0 radical (unpaired) electrons. The van der Waals surface area contributed by atoms with E-state index >= 15 is 0 Å². The highest BCUT2D eigenvalue weighted by Gasteiger charge is 2.18. The largest absolute Gasteiger partial charge is 0.496 e. The number of hydrogen-bond acceptors (Lipinski definition) is 4. The zero-order valence-corrected chi connectivity index (χ0v) is 10.4. The van der Waals surface area contributed by atoms with Crippen molar-refractivity contribution in [3.8, 4) is 5.75 Å². The highest BCUT2D eigenvalue weighted by molar-refractivity contribution is 8.00. The van der Waals surface area contributed by atoms with Crippen LogP contribution in [0.15, 0.2) is 23.1 Å². The smallest absolute Gasteiger partial charge is 0.331 e. The lowest BCUT2D eigenvalue weighted by molar-refractivity contribution is -0.136. The summed E-state index contributed by atoms with van der Waals surface area (Å²) in [5, 5.41) is 11.4. The van der Waals surface area contributed by atoms with Gasteiger partial charge in [0.15, 0.2) is 5.37 Å². The van der Waals surface area contributed by atoms with E-state index in [1.807, 2.05) is 0 Å². The third-order valence-corrected chi connectivity index (χ3v) is 3.34. The fourth-order valence-corrected chi connectivity index (χ4v) is 2.27. The first kappa shape index (κ1) is 13.2. The molecule has 0 aliphatic rings. The molecule has 0 saturated heterocycles. The first-order chi connectivity index (χ1) is 7.58. The minimum Gasteiger partial charge on any atom is -0.496 e. The Morgan fingerprint density at radius 1 is 1.62 bits per heavy atom.